The Labute approximate surface area is 162 Å². The van der Waals surface area contributed by atoms with Crippen LogP contribution in [-0.4, -0.2) is 32.8 Å². The van der Waals surface area contributed by atoms with E-state index in [-0.39, 0.29) is 46.8 Å². The van der Waals surface area contributed by atoms with Crippen LogP contribution >= 0.6 is 0 Å². The Hall–Kier alpha value is -2.38. The van der Waals surface area contributed by atoms with Crippen LogP contribution in [0.4, 0.5) is 0 Å². The molecule has 3 N–H and O–H groups in total. The highest BCUT2D eigenvalue weighted by Gasteiger charge is 2.40. The number of ether oxygens (including phenoxy) is 1. The van der Waals surface area contributed by atoms with Crippen LogP contribution in [0.2, 0.25) is 0 Å². The Morgan fingerprint density at radius 1 is 1.36 bits per heavy atom. The van der Waals surface area contributed by atoms with E-state index < -0.39 is 23.4 Å². The molecule has 1 aromatic heterocycles. The van der Waals surface area contributed by atoms with E-state index >= 15 is 0 Å². The first kappa shape index (κ1) is 20.4. The van der Waals surface area contributed by atoms with Crippen molar-refractivity contribution >= 4 is 16.8 Å². The maximum atomic E-state index is 12.7. The number of rotatable bonds is 6. The number of phenols is 1. The van der Waals surface area contributed by atoms with Gasteiger partial charge in [-0.2, -0.15) is 0 Å². The molecule has 1 aliphatic rings. The van der Waals surface area contributed by atoms with Crippen molar-refractivity contribution in [2.75, 3.05) is 0 Å². The number of carbonyl (C=O) groups excluding carboxylic acids is 1. The normalized spacial score (nSPS) is 17.4. The lowest BCUT2D eigenvalue weighted by Gasteiger charge is -2.25. The van der Waals surface area contributed by atoms with E-state index in [9.17, 15) is 24.9 Å². The van der Waals surface area contributed by atoms with Crippen molar-refractivity contribution in [1.82, 2.24) is 0 Å². The molecule has 152 valence electrons. The molecule has 0 aliphatic carbocycles. The summed E-state index contributed by atoms with van der Waals surface area (Å²) in [4.78, 5) is 24.9. The number of carbonyl (C=O) groups is 1. The van der Waals surface area contributed by atoms with Crippen LogP contribution in [0.25, 0.3) is 11.0 Å². The Bertz CT molecular complexity index is 981. The van der Waals surface area contributed by atoms with Gasteiger partial charge in [-0.25, -0.2) is 4.79 Å². The fraction of sp³-hybridized carbons (Fsp3) is 0.524. The number of aliphatic hydroxyl groups is 2. The highest BCUT2D eigenvalue weighted by atomic mass is 16.5. The van der Waals surface area contributed by atoms with Gasteiger partial charge < -0.3 is 24.5 Å². The minimum absolute atomic E-state index is 0.0714. The lowest BCUT2D eigenvalue weighted by atomic mass is 9.91. The zero-order chi connectivity index (χ0) is 20.8. The molecule has 2 heterocycles. The van der Waals surface area contributed by atoms with E-state index in [1.165, 1.54) is 6.07 Å². The van der Waals surface area contributed by atoms with E-state index in [0.29, 0.717) is 23.8 Å². The molecular formula is C21H26O7. The number of phenolic OH excluding ortho intramolecular Hbond substituents is 1. The van der Waals surface area contributed by atoms with Crippen LogP contribution in [0.15, 0.2) is 15.3 Å². The highest BCUT2D eigenvalue weighted by molar-refractivity contribution is 6.11. The largest absolute Gasteiger partial charge is 0.507 e. The lowest BCUT2D eigenvalue weighted by Crippen LogP contribution is -2.39. The fourth-order valence-electron chi connectivity index (χ4n) is 3.61. The summed E-state index contributed by atoms with van der Waals surface area (Å²) in [7, 11) is 0. The average Bonchev–Trinajstić information content (AvgIpc) is 3.06. The van der Waals surface area contributed by atoms with Gasteiger partial charge in [-0.1, -0.05) is 13.8 Å². The number of Topliss-reactive ketones (excluding diaryl/α,β-unsaturated/α-hetero) is 1. The van der Waals surface area contributed by atoms with Crippen molar-refractivity contribution < 1.29 is 29.3 Å². The SMILES string of the molecule is CCCC(=O)c1c(O)c2c(c3c([C@@H](O)CC)cc(=O)oc13)OC(C(C)(C)O)C2. The van der Waals surface area contributed by atoms with Gasteiger partial charge in [0, 0.05) is 30.0 Å². The van der Waals surface area contributed by atoms with Crippen LogP contribution in [0, 0.1) is 0 Å². The number of aliphatic hydroxyl groups excluding tert-OH is 1. The summed E-state index contributed by atoms with van der Waals surface area (Å²) in [6, 6.07) is 1.18. The van der Waals surface area contributed by atoms with Gasteiger partial charge in [0.05, 0.1) is 17.1 Å². The summed E-state index contributed by atoms with van der Waals surface area (Å²) in [6.45, 7) is 6.78. The second-order valence-electron chi connectivity index (χ2n) is 7.82. The lowest BCUT2D eigenvalue weighted by molar-refractivity contribution is -0.0225. The zero-order valence-electron chi connectivity index (χ0n) is 16.5. The molecule has 2 aromatic rings. The maximum absolute atomic E-state index is 12.7. The summed E-state index contributed by atoms with van der Waals surface area (Å²) in [5.41, 5.74) is -1.43. The van der Waals surface area contributed by atoms with Gasteiger partial charge in [-0.3, -0.25) is 4.79 Å². The van der Waals surface area contributed by atoms with Gasteiger partial charge in [0.2, 0.25) is 0 Å². The van der Waals surface area contributed by atoms with Crippen molar-refractivity contribution in [2.45, 2.75) is 71.2 Å². The second-order valence-corrected chi connectivity index (χ2v) is 7.82. The molecule has 0 saturated carbocycles. The first-order valence-electron chi connectivity index (χ1n) is 9.55. The number of ketones is 1. The van der Waals surface area contributed by atoms with Crippen LogP contribution in [-0.2, 0) is 6.42 Å². The number of fused-ring (bicyclic) bond motifs is 3. The standard InChI is InChI=1S/C21H26O7/c1-5-7-13(23)17-18(25)11-8-14(21(3,4)26)27-19(11)16-10(12(22)6-2)9-15(24)28-20(16)17/h9,12,14,22,25-26H,5-8H2,1-4H3/t12-,14?/m0/s1. The van der Waals surface area contributed by atoms with Crippen molar-refractivity contribution in [2.24, 2.45) is 0 Å². The quantitative estimate of drug-likeness (QED) is 0.513. The summed E-state index contributed by atoms with van der Waals surface area (Å²) in [5, 5.41) is 32.0. The van der Waals surface area contributed by atoms with Crippen LogP contribution < -0.4 is 10.4 Å². The topological polar surface area (TPSA) is 117 Å². The molecule has 0 saturated heterocycles. The first-order chi connectivity index (χ1) is 13.1. The second kappa shape index (κ2) is 7.22. The number of hydrogen-bond acceptors (Lipinski definition) is 7. The average molecular weight is 390 g/mol. The minimum Gasteiger partial charge on any atom is -0.507 e. The predicted molar refractivity (Wildman–Crippen MR) is 103 cm³/mol. The van der Waals surface area contributed by atoms with Crippen molar-refractivity contribution in [3.05, 3.63) is 33.2 Å². The molecule has 3 rings (SSSR count). The van der Waals surface area contributed by atoms with Gasteiger partial charge in [-0.15, -0.1) is 0 Å². The molecule has 0 bridgehead atoms. The number of hydrogen-bond donors (Lipinski definition) is 3. The molecule has 0 spiro atoms. The van der Waals surface area contributed by atoms with E-state index in [1.54, 1.807) is 20.8 Å². The van der Waals surface area contributed by atoms with Gasteiger partial charge in [-0.05, 0) is 26.7 Å². The van der Waals surface area contributed by atoms with Crippen LogP contribution in [0.3, 0.4) is 0 Å². The molecule has 0 amide bonds. The summed E-state index contributed by atoms with van der Waals surface area (Å²) in [6.07, 6.45) is -0.386. The van der Waals surface area contributed by atoms with Crippen molar-refractivity contribution in [3.63, 3.8) is 0 Å². The van der Waals surface area contributed by atoms with Gasteiger partial charge in [0.25, 0.3) is 0 Å². The molecular weight excluding hydrogens is 364 g/mol. The maximum Gasteiger partial charge on any atom is 0.336 e. The molecule has 1 aliphatic heterocycles. The molecule has 7 nitrogen and oxygen atoms in total. The Kier molecular flexibility index (Phi) is 5.25. The highest BCUT2D eigenvalue weighted by Crippen LogP contribution is 2.48. The third-order valence-corrected chi connectivity index (χ3v) is 5.18. The predicted octanol–water partition coefficient (Wildman–Crippen LogP) is 3.00. The Morgan fingerprint density at radius 3 is 2.61 bits per heavy atom. The first-order valence-corrected chi connectivity index (χ1v) is 9.55. The fourth-order valence-corrected chi connectivity index (χ4v) is 3.61. The zero-order valence-corrected chi connectivity index (χ0v) is 16.5. The Balaban J connectivity index is 2.42. The monoisotopic (exact) mass is 390 g/mol. The van der Waals surface area contributed by atoms with E-state index in [1.807, 2.05) is 6.92 Å². The van der Waals surface area contributed by atoms with Gasteiger partial charge in [0.1, 0.15) is 23.2 Å². The summed E-state index contributed by atoms with van der Waals surface area (Å²) < 4.78 is 11.3. The number of aromatic hydroxyl groups is 1. The molecule has 28 heavy (non-hydrogen) atoms. The van der Waals surface area contributed by atoms with Crippen LogP contribution in [0.1, 0.15) is 74.5 Å². The smallest absolute Gasteiger partial charge is 0.336 e. The Morgan fingerprint density at radius 2 is 2.04 bits per heavy atom. The van der Waals surface area contributed by atoms with E-state index in [0.717, 1.165) is 0 Å². The molecule has 0 radical (unpaired) electrons. The van der Waals surface area contributed by atoms with E-state index in [4.69, 9.17) is 9.15 Å². The third-order valence-electron chi connectivity index (χ3n) is 5.18. The molecule has 1 unspecified atom stereocenters. The number of benzene rings is 1. The summed E-state index contributed by atoms with van der Waals surface area (Å²) in [5.74, 6) is -0.413. The third kappa shape index (κ3) is 3.29. The van der Waals surface area contributed by atoms with Crippen LogP contribution in [0.5, 0.6) is 11.5 Å². The van der Waals surface area contributed by atoms with Gasteiger partial charge >= 0.3 is 5.63 Å². The molecule has 7 heteroatoms. The molecule has 1 aromatic carbocycles. The van der Waals surface area contributed by atoms with Crippen molar-refractivity contribution in [1.29, 1.82) is 0 Å². The minimum atomic E-state index is -1.20. The molecule has 0 fully saturated rings. The summed E-state index contributed by atoms with van der Waals surface area (Å²) >= 11 is 0. The van der Waals surface area contributed by atoms with Crippen molar-refractivity contribution in [3.8, 4) is 11.5 Å². The van der Waals surface area contributed by atoms with Gasteiger partial charge in [0.15, 0.2) is 11.4 Å². The van der Waals surface area contributed by atoms with E-state index in [2.05, 4.69) is 0 Å². The molecule has 2 atom stereocenters.